The Morgan fingerprint density at radius 2 is 2.27 bits per heavy atom. The van der Waals surface area contributed by atoms with E-state index in [1.54, 1.807) is 7.11 Å². The highest BCUT2D eigenvalue weighted by Gasteiger charge is 2.04. The Bertz CT molecular complexity index is 80.8. The quantitative estimate of drug-likeness (QED) is 0.311. The average Bonchev–Trinajstić information content (AvgIpc) is 2.03. The third-order valence-electron chi connectivity index (χ3n) is 1.42. The van der Waals surface area contributed by atoms with Crippen molar-refractivity contribution >= 4 is 0 Å². The van der Waals surface area contributed by atoms with Crippen LogP contribution in [-0.4, -0.2) is 33.0 Å². The van der Waals surface area contributed by atoms with Crippen LogP contribution < -0.4 is 11.3 Å². The maximum atomic E-state index is 5.26. The average molecular weight is 162 g/mol. The summed E-state index contributed by atoms with van der Waals surface area (Å²) in [5, 5.41) is 0. The zero-order chi connectivity index (χ0) is 8.53. The number of nitrogens with one attached hydrogen (secondary N) is 1. The number of rotatable bonds is 7. The molecule has 0 saturated heterocycles. The lowest BCUT2D eigenvalue weighted by molar-refractivity contribution is 0.111. The monoisotopic (exact) mass is 162 g/mol. The van der Waals surface area contributed by atoms with E-state index in [-0.39, 0.29) is 6.04 Å². The minimum atomic E-state index is 0.201. The van der Waals surface area contributed by atoms with Crippen LogP contribution in [0.2, 0.25) is 0 Å². The second-order valence-electron chi connectivity index (χ2n) is 2.30. The topological polar surface area (TPSA) is 56.5 Å². The Morgan fingerprint density at radius 3 is 2.73 bits per heavy atom. The fourth-order valence-corrected chi connectivity index (χ4v) is 0.786. The van der Waals surface area contributed by atoms with Gasteiger partial charge in [-0.2, -0.15) is 0 Å². The van der Waals surface area contributed by atoms with Gasteiger partial charge in [-0.15, -0.1) is 0 Å². The predicted molar refractivity (Wildman–Crippen MR) is 44.1 cm³/mol. The molecule has 0 aliphatic heterocycles. The highest BCUT2D eigenvalue weighted by atomic mass is 16.5. The van der Waals surface area contributed by atoms with Crippen LogP contribution in [0.4, 0.5) is 0 Å². The van der Waals surface area contributed by atoms with Crippen LogP contribution >= 0.6 is 0 Å². The molecule has 0 saturated carbocycles. The lowest BCUT2D eigenvalue weighted by atomic mass is 10.2. The third kappa shape index (κ3) is 6.25. The summed E-state index contributed by atoms with van der Waals surface area (Å²) in [5.74, 6) is 5.26. The van der Waals surface area contributed by atoms with Gasteiger partial charge in [0.25, 0.3) is 0 Å². The SMILES string of the molecule is CCOCCC(COC)NN. The molecule has 68 valence electrons. The van der Waals surface area contributed by atoms with E-state index in [0.29, 0.717) is 6.61 Å². The van der Waals surface area contributed by atoms with Gasteiger partial charge in [0, 0.05) is 26.4 Å². The van der Waals surface area contributed by atoms with E-state index in [4.69, 9.17) is 15.3 Å². The molecule has 0 spiro atoms. The number of nitrogens with two attached hydrogens (primary N) is 1. The molecule has 0 amide bonds. The number of hydrogen-bond acceptors (Lipinski definition) is 4. The van der Waals surface area contributed by atoms with E-state index in [0.717, 1.165) is 19.6 Å². The molecule has 1 unspecified atom stereocenters. The molecule has 0 radical (unpaired) electrons. The summed E-state index contributed by atoms with van der Waals surface area (Å²) in [6.45, 7) is 4.09. The van der Waals surface area contributed by atoms with E-state index < -0.39 is 0 Å². The van der Waals surface area contributed by atoms with E-state index in [9.17, 15) is 0 Å². The van der Waals surface area contributed by atoms with Gasteiger partial charge in [-0.3, -0.25) is 11.3 Å². The number of ether oxygens (including phenoxy) is 2. The third-order valence-corrected chi connectivity index (χ3v) is 1.42. The van der Waals surface area contributed by atoms with Crippen molar-refractivity contribution in [1.82, 2.24) is 5.43 Å². The van der Waals surface area contributed by atoms with Crippen LogP contribution in [0.1, 0.15) is 13.3 Å². The summed E-state index contributed by atoms with van der Waals surface area (Å²) in [4.78, 5) is 0. The molecular weight excluding hydrogens is 144 g/mol. The minimum absolute atomic E-state index is 0.201. The second-order valence-corrected chi connectivity index (χ2v) is 2.30. The molecular formula is C7H18N2O2. The van der Waals surface area contributed by atoms with Crippen LogP contribution in [0.15, 0.2) is 0 Å². The first-order valence-corrected chi connectivity index (χ1v) is 3.88. The summed E-state index contributed by atoms with van der Waals surface area (Å²) in [5.41, 5.74) is 2.66. The first-order chi connectivity index (χ1) is 5.35. The largest absolute Gasteiger partial charge is 0.383 e. The summed E-state index contributed by atoms with van der Waals surface area (Å²) >= 11 is 0. The fraction of sp³-hybridized carbons (Fsp3) is 1.00. The molecule has 11 heavy (non-hydrogen) atoms. The van der Waals surface area contributed by atoms with Gasteiger partial charge in [0.1, 0.15) is 0 Å². The lowest BCUT2D eigenvalue weighted by Gasteiger charge is -2.13. The van der Waals surface area contributed by atoms with Crippen molar-refractivity contribution in [3.8, 4) is 0 Å². The van der Waals surface area contributed by atoms with Crippen LogP contribution in [0, 0.1) is 0 Å². The molecule has 1 atom stereocenters. The fourth-order valence-electron chi connectivity index (χ4n) is 0.786. The van der Waals surface area contributed by atoms with Crippen molar-refractivity contribution in [2.45, 2.75) is 19.4 Å². The molecule has 0 aliphatic carbocycles. The summed E-state index contributed by atoms with van der Waals surface area (Å²) in [6, 6.07) is 0.201. The normalized spacial score (nSPS) is 13.4. The molecule has 0 aromatic heterocycles. The van der Waals surface area contributed by atoms with E-state index in [2.05, 4.69) is 5.43 Å². The van der Waals surface area contributed by atoms with Gasteiger partial charge in [0.15, 0.2) is 0 Å². The van der Waals surface area contributed by atoms with Crippen LogP contribution in [-0.2, 0) is 9.47 Å². The molecule has 0 fully saturated rings. The van der Waals surface area contributed by atoms with Crippen LogP contribution in [0.3, 0.4) is 0 Å². The lowest BCUT2D eigenvalue weighted by Crippen LogP contribution is -2.39. The van der Waals surface area contributed by atoms with Gasteiger partial charge in [-0.25, -0.2) is 0 Å². The highest BCUT2D eigenvalue weighted by molar-refractivity contribution is 4.60. The van der Waals surface area contributed by atoms with Crippen molar-refractivity contribution < 1.29 is 9.47 Å². The highest BCUT2D eigenvalue weighted by Crippen LogP contribution is 1.91. The molecule has 0 bridgehead atoms. The Morgan fingerprint density at radius 1 is 1.55 bits per heavy atom. The predicted octanol–water partition coefficient (Wildman–Crippen LogP) is -0.109. The van der Waals surface area contributed by atoms with Gasteiger partial charge in [0.2, 0.25) is 0 Å². The molecule has 3 N–H and O–H groups in total. The Balaban J connectivity index is 3.20. The Hall–Kier alpha value is -0.160. The Kier molecular flexibility index (Phi) is 7.83. The van der Waals surface area contributed by atoms with Crippen LogP contribution in [0.25, 0.3) is 0 Å². The first-order valence-electron chi connectivity index (χ1n) is 3.88. The van der Waals surface area contributed by atoms with Gasteiger partial charge in [-0.05, 0) is 13.3 Å². The van der Waals surface area contributed by atoms with Gasteiger partial charge in [0.05, 0.1) is 6.61 Å². The smallest absolute Gasteiger partial charge is 0.0630 e. The zero-order valence-electron chi connectivity index (χ0n) is 7.30. The van der Waals surface area contributed by atoms with Crippen molar-refractivity contribution in [2.75, 3.05) is 26.9 Å². The van der Waals surface area contributed by atoms with Crippen molar-refractivity contribution in [3.63, 3.8) is 0 Å². The number of methoxy groups -OCH3 is 1. The van der Waals surface area contributed by atoms with E-state index >= 15 is 0 Å². The molecule has 0 aliphatic rings. The standard InChI is InChI=1S/C7H18N2O2/c1-3-11-5-4-7(9-8)6-10-2/h7,9H,3-6,8H2,1-2H3. The summed E-state index contributed by atoms with van der Waals surface area (Å²) in [7, 11) is 1.66. The van der Waals surface area contributed by atoms with Gasteiger partial charge in [-0.1, -0.05) is 0 Å². The molecule has 4 heteroatoms. The zero-order valence-corrected chi connectivity index (χ0v) is 7.30. The van der Waals surface area contributed by atoms with Crippen LogP contribution in [0.5, 0.6) is 0 Å². The number of hydrazine groups is 1. The first kappa shape index (κ1) is 10.8. The van der Waals surface area contributed by atoms with Crippen molar-refractivity contribution in [1.29, 1.82) is 0 Å². The maximum Gasteiger partial charge on any atom is 0.0630 e. The minimum Gasteiger partial charge on any atom is -0.383 e. The molecule has 4 nitrogen and oxygen atoms in total. The molecule has 0 aromatic carbocycles. The Labute approximate surface area is 68.0 Å². The van der Waals surface area contributed by atoms with E-state index in [1.165, 1.54) is 0 Å². The summed E-state index contributed by atoms with van der Waals surface area (Å²) < 4.78 is 10.1. The number of hydrogen-bond donors (Lipinski definition) is 2. The van der Waals surface area contributed by atoms with E-state index in [1.807, 2.05) is 6.92 Å². The van der Waals surface area contributed by atoms with Gasteiger partial charge >= 0.3 is 0 Å². The second kappa shape index (κ2) is 7.94. The van der Waals surface area contributed by atoms with Gasteiger partial charge < -0.3 is 9.47 Å². The van der Waals surface area contributed by atoms with Crippen molar-refractivity contribution in [2.24, 2.45) is 5.84 Å². The summed E-state index contributed by atoms with van der Waals surface area (Å²) in [6.07, 6.45) is 0.887. The molecule has 0 heterocycles. The molecule has 0 aromatic rings. The van der Waals surface area contributed by atoms with Crippen molar-refractivity contribution in [3.05, 3.63) is 0 Å². The maximum absolute atomic E-state index is 5.26. The molecule has 0 rings (SSSR count).